The van der Waals surface area contributed by atoms with E-state index in [2.05, 4.69) is 26.6 Å². The van der Waals surface area contributed by atoms with Crippen molar-refractivity contribution in [2.24, 2.45) is 0 Å². The predicted molar refractivity (Wildman–Crippen MR) is 85.9 cm³/mol. The summed E-state index contributed by atoms with van der Waals surface area (Å²) in [6, 6.07) is 11.6. The van der Waals surface area contributed by atoms with E-state index in [0.29, 0.717) is 16.3 Å². The molecule has 2 aromatic rings. The number of halogens is 3. The van der Waals surface area contributed by atoms with Crippen LogP contribution >= 0.6 is 27.5 Å². The van der Waals surface area contributed by atoms with Crippen LogP contribution in [0.1, 0.15) is 5.56 Å². The van der Waals surface area contributed by atoms with E-state index < -0.39 is 0 Å². The number of anilines is 1. The fraction of sp³-hybridized carbons (Fsp3) is 0.133. The van der Waals surface area contributed by atoms with Gasteiger partial charge in [-0.3, -0.25) is 4.79 Å². The number of amides is 1. The zero-order valence-electron chi connectivity index (χ0n) is 11.0. The minimum atomic E-state index is -0.305. The predicted octanol–water partition coefficient (Wildman–Crippen LogP) is 3.97. The normalized spacial score (nSPS) is 10.4. The molecule has 6 heteroatoms. The van der Waals surface area contributed by atoms with Crippen molar-refractivity contribution in [1.29, 1.82) is 0 Å². The summed E-state index contributed by atoms with van der Waals surface area (Å²) in [6.45, 7) is 0.354. The Kier molecular flexibility index (Phi) is 5.73. The molecule has 0 aliphatic heterocycles. The maximum absolute atomic E-state index is 13.5. The number of hydrogen-bond donors (Lipinski definition) is 2. The molecule has 1 amide bonds. The van der Waals surface area contributed by atoms with Crippen molar-refractivity contribution in [3.63, 3.8) is 0 Å². The molecule has 3 nitrogen and oxygen atoms in total. The maximum atomic E-state index is 13.5. The Bertz CT molecular complexity index is 651. The van der Waals surface area contributed by atoms with Gasteiger partial charge in [0.15, 0.2) is 0 Å². The second-order valence-electron chi connectivity index (χ2n) is 4.40. The van der Waals surface area contributed by atoms with Crippen LogP contribution in [0.5, 0.6) is 0 Å². The van der Waals surface area contributed by atoms with E-state index in [9.17, 15) is 9.18 Å². The molecule has 0 bridgehead atoms. The lowest BCUT2D eigenvalue weighted by molar-refractivity contribution is -0.115. The van der Waals surface area contributed by atoms with E-state index in [4.69, 9.17) is 11.6 Å². The zero-order chi connectivity index (χ0) is 15.2. The largest absolute Gasteiger partial charge is 0.325 e. The van der Waals surface area contributed by atoms with E-state index in [1.54, 1.807) is 36.4 Å². The van der Waals surface area contributed by atoms with Crippen LogP contribution in [0.25, 0.3) is 0 Å². The lowest BCUT2D eigenvalue weighted by atomic mass is 10.2. The van der Waals surface area contributed by atoms with E-state index >= 15 is 0 Å². The van der Waals surface area contributed by atoms with Gasteiger partial charge in [-0.1, -0.05) is 33.6 Å². The maximum Gasteiger partial charge on any atom is 0.238 e. The van der Waals surface area contributed by atoms with Crippen LogP contribution in [0.4, 0.5) is 10.1 Å². The number of nitrogens with one attached hydrogen (secondary N) is 2. The highest BCUT2D eigenvalue weighted by Gasteiger charge is 2.05. The second kappa shape index (κ2) is 7.54. The average molecular weight is 372 g/mol. The van der Waals surface area contributed by atoms with Crippen LogP contribution in [0, 0.1) is 5.82 Å². The number of benzene rings is 2. The molecule has 0 aromatic heterocycles. The number of carbonyl (C=O) groups is 1. The van der Waals surface area contributed by atoms with Crippen molar-refractivity contribution in [3.8, 4) is 0 Å². The second-order valence-corrected chi connectivity index (χ2v) is 5.75. The standard InChI is InChI=1S/C15H13BrClFN2O/c16-11-4-5-14(18)10(6-11)8-19-9-15(21)20-13-3-1-2-12(17)7-13/h1-7,19H,8-9H2,(H,20,21). The van der Waals surface area contributed by atoms with Gasteiger partial charge < -0.3 is 10.6 Å². The van der Waals surface area contributed by atoms with Crippen molar-refractivity contribution in [2.75, 3.05) is 11.9 Å². The molecule has 0 unspecified atom stereocenters. The van der Waals surface area contributed by atoms with Gasteiger partial charge in [0, 0.05) is 27.3 Å². The lowest BCUT2D eigenvalue weighted by Crippen LogP contribution is -2.28. The molecule has 2 N–H and O–H groups in total. The molecular formula is C15H13BrClFN2O. The Balaban J connectivity index is 1.83. The summed E-state index contributed by atoms with van der Waals surface area (Å²) >= 11 is 9.11. The molecule has 0 aliphatic carbocycles. The van der Waals surface area contributed by atoms with Gasteiger partial charge in [-0.25, -0.2) is 4.39 Å². The van der Waals surface area contributed by atoms with Crippen LogP contribution in [-0.2, 0) is 11.3 Å². The molecule has 0 saturated heterocycles. The fourth-order valence-corrected chi connectivity index (χ4v) is 2.36. The summed E-state index contributed by atoms with van der Waals surface area (Å²) < 4.78 is 14.3. The summed E-state index contributed by atoms with van der Waals surface area (Å²) in [7, 11) is 0. The summed E-state index contributed by atoms with van der Waals surface area (Å²) in [5, 5.41) is 6.16. The van der Waals surface area contributed by atoms with Crippen molar-refractivity contribution < 1.29 is 9.18 Å². The van der Waals surface area contributed by atoms with Gasteiger partial charge in [0.25, 0.3) is 0 Å². The van der Waals surface area contributed by atoms with Gasteiger partial charge in [-0.05, 0) is 36.4 Å². The summed E-state index contributed by atoms with van der Waals surface area (Å²) in [5.74, 6) is -0.520. The van der Waals surface area contributed by atoms with E-state index in [-0.39, 0.29) is 24.8 Å². The first-order valence-corrected chi connectivity index (χ1v) is 7.42. The smallest absolute Gasteiger partial charge is 0.238 e. The van der Waals surface area contributed by atoms with Crippen molar-refractivity contribution >= 4 is 39.1 Å². The Morgan fingerprint density at radius 3 is 2.81 bits per heavy atom. The Hall–Kier alpha value is -1.43. The highest BCUT2D eigenvalue weighted by atomic mass is 79.9. The minimum absolute atomic E-state index is 0.0818. The van der Waals surface area contributed by atoms with Crippen LogP contribution < -0.4 is 10.6 Å². The Labute approximate surface area is 135 Å². The Morgan fingerprint density at radius 1 is 1.24 bits per heavy atom. The van der Waals surface area contributed by atoms with Gasteiger partial charge in [0.1, 0.15) is 5.82 Å². The zero-order valence-corrected chi connectivity index (χ0v) is 13.3. The van der Waals surface area contributed by atoms with Crippen LogP contribution in [-0.4, -0.2) is 12.5 Å². The molecule has 0 fully saturated rings. The third kappa shape index (κ3) is 5.12. The molecule has 0 spiro atoms. The molecule has 0 radical (unpaired) electrons. The van der Waals surface area contributed by atoms with Crippen molar-refractivity contribution in [2.45, 2.75) is 6.54 Å². The molecule has 0 heterocycles. The number of rotatable bonds is 5. The molecule has 0 saturated carbocycles. The third-order valence-corrected chi connectivity index (χ3v) is 3.45. The third-order valence-electron chi connectivity index (χ3n) is 2.72. The molecule has 110 valence electrons. The van der Waals surface area contributed by atoms with Crippen LogP contribution in [0.15, 0.2) is 46.9 Å². The Morgan fingerprint density at radius 2 is 2.05 bits per heavy atom. The molecule has 2 rings (SSSR count). The SMILES string of the molecule is O=C(CNCc1cc(Br)ccc1F)Nc1cccc(Cl)c1. The highest BCUT2D eigenvalue weighted by Crippen LogP contribution is 2.16. The van der Waals surface area contributed by atoms with Gasteiger partial charge in [0.2, 0.25) is 5.91 Å². The first kappa shape index (κ1) is 15.9. The minimum Gasteiger partial charge on any atom is -0.325 e. The van der Waals surface area contributed by atoms with Crippen molar-refractivity contribution in [1.82, 2.24) is 5.32 Å². The molecule has 2 aromatic carbocycles. The average Bonchev–Trinajstić information content (AvgIpc) is 2.42. The fourth-order valence-electron chi connectivity index (χ4n) is 1.76. The summed E-state index contributed by atoms with van der Waals surface area (Å²) in [5.41, 5.74) is 1.13. The number of carbonyl (C=O) groups excluding carboxylic acids is 1. The first-order valence-electron chi connectivity index (χ1n) is 6.24. The molecule has 21 heavy (non-hydrogen) atoms. The van der Waals surface area contributed by atoms with E-state index in [1.165, 1.54) is 6.07 Å². The van der Waals surface area contributed by atoms with Gasteiger partial charge in [0.05, 0.1) is 6.54 Å². The monoisotopic (exact) mass is 370 g/mol. The quantitative estimate of drug-likeness (QED) is 0.835. The topological polar surface area (TPSA) is 41.1 Å². The lowest BCUT2D eigenvalue weighted by Gasteiger charge is -2.08. The van der Waals surface area contributed by atoms with Crippen LogP contribution in [0.3, 0.4) is 0 Å². The van der Waals surface area contributed by atoms with Gasteiger partial charge in [-0.15, -0.1) is 0 Å². The molecule has 0 atom stereocenters. The number of hydrogen-bond acceptors (Lipinski definition) is 2. The molecule has 0 aliphatic rings. The van der Waals surface area contributed by atoms with Gasteiger partial charge in [-0.2, -0.15) is 0 Å². The first-order chi connectivity index (χ1) is 10.0. The van der Waals surface area contributed by atoms with Crippen LogP contribution in [0.2, 0.25) is 5.02 Å². The van der Waals surface area contributed by atoms with E-state index in [1.807, 2.05) is 0 Å². The molecular weight excluding hydrogens is 359 g/mol. The highest BCUT2D eigenvalue weighted by molar-refractivity contribution is 9.10. The summed E-state index contributed by atoms with van der Waals surface area (Å²) in [6.07, 6.45) is 0. The van der Waals surface area contributed by atoms with E-state index in [0.717, 1.165) is 4.47 Å². The summed E-state index contributed by atoms with van der Waals surface area (Å²) in [4.78, 5) is 11.7. The van der Waals surface area contributed by atoms with Gasteiger partial charge >= 0.3 is 0 Å². The van der Waals surface area contributed by atoms with Crippen molar-refractivity contribution in [3.05, 3.63) is 63.3 Å².